The van der Waals surface area contributed by atoms with Gasteiger partial charge in [0.2, 0.25) is 0 Å². The first-order valence-electron chi connectivity index (χ1n) is 9.93. The second-order valence-electron chi connectivity index (χ2n) is 7.16. The number of ether oxygens (including phenoxy) is 1. The van der Waals surface area contributed by atoms with Gasteiger partial charge < -0.3 is 4.74 Å². The van der Waals surface area contributed by atoms with Gasteiger partial charge in [-0.05, 0) is 48.2 Å². The van der Waals surface area contributed by atoms with Crippen molar-refractivity contribution in [1.82, 2.24) is 14.7 Å². The van der Waals surface area contributed by atoms with Crippen molar-refractivity contribution in [2.45, 2.75) is 13.5 Å². The molecule has 0 atom stereocenters. The number of nitrogens with zero attached hydrogens (tertiary/aromatic N) is 2. The molecule has 4 rings (SSSR count). The third-order valence-electron chi connectivity index (χ3n) is 4.80. The maximum Gasteiger partial charge on any atom is 0.300 e. The van der Waals surface area contributed by atoms with Gasteiger partial charge in [-0.15, -0.1) is 11.3 Å². The van der Waals surface area contributed by atoms with Gasteiger partial charge in [0, 0.05) is 17.0 Å². The number of anilines is 1. The lowest BCUT2D eigenvalue weighted by Crippen LogP contribution is -2.30. The van der Waals surface area contributed by atoms with Crippen molar-refractivity contribution in [3.05, 3.63) is 81.6 Å². The average molecular weight is 501 g/mol. The van der Waals surface area contributed by atoms with Crippen LogP contribution in [0.1, 0.15) is 10.4 Å². The quantitative estimate of drug-likeness (QED) is 0.321. The highest BCUT2D eigenvalue weighted by molar-refractivity contribution is 7.90. The number of nitrogens with one attached hydrogen (secondary N) is 2. The molecule has 33 heavy (non-hydrogen) atoms. The van der Waals surface area contributed by atoms with E-state index in [9.17, 15) is 8.42 Å². The molecule has 2 aromatic carbocycles. The number of benzene rings is 2. The first-order chi connectivity index (χ1) is 15.8. The summed E-state index contributed by atoms with van der Waals surface area (Å²) in [4.78, 5) is 9.85. The molecule has 0 aliphatic rings. The first kappa shape index (κ1) is 23.2. The third kappa shape index (κ3) is 5.69. The highest BCUT2D eigenvalue weighted by Gasteiger charge is 2.21. The lowest BCUT2D eigenvalue weighted by atomic mass is 10.1. The van der Waals surface area contributed by atoms with Crippen molar-refractivity contribution in [3.8, 4) is 28.3 Å². The fourth-order valence-corrected chi connectivity index (χ4v) is 4.93. The molecule has 0 saturated carbocycles. The van der Waals surface area contributed by atoms with E-state index in [-0.39, 0.29) is 23.3 Å². The monoisotopic (exact) mass is 500 g/mol. The van der Waals surface area contributed by atoms with Gasteiger partial charge in [0.1, 0.15) is 10.9 Å². The number of aromatic nitrogens is 2. The maximum absolute atomic E-state index is 12.8. The lowest BCUT2D eigenvalue weighted by Gasteiger charge is -2.15. The van der Waals surface area contributed by atoms with Gasteiger partial charge in [-0.3, -0.25) is 4.72 Å². The summed E-state index contributed by atoms with van der Waals surface area (Å²) in [5, 5.41) is 2.02. The zero-order valence-electron chi connectivity index (χ0n) is 17.9. The molecule has 0 radical (unpaired) electrons. The molecule has 2 N–H and O–H groups in total. The Morgan fingerprint density at radius 1 is 1.00 bits per heavy atom. The van der Waals surface area contributed by atoms with Crippen LogP contribution in [0.3, 0.4) is 0 Å². The van der Waals surface area contributed by atoms with Gasteiger partial charge in [0.05, 0.1) is 12.7 Å². The molecular formula is C23H21ClN4O3S2. The Morgan fingerprint density at radius 3 is 2.33 bits per heavy atom. The van der Waals surface area contributed by atoms with Gasteiger partial charge in [0.25, 0.3) is 0 Å². The second-order valence-corrected chi connectivity index (χ2v) is 10.1. The summed E-state index contributed by atoms with van der Waals surface area (Å²) in [5.74, 6) is 1.05. The maximum atomic E-state index is 12.8. The van der Waals surface area contributed by atoms with Crippen LogP contribution in [0.25, 0.3) is 22.5 Å². The van der Waals surface area contributed by atoms with Gasteiger partial charge in [-0.1, -0.05) is 47.5 Å². The minimum Gasteiger partial charge on any atom is -0.497 e. The van der Waals surface area contributed by atoms with E-state index >= 15 is 0 Å². The summed E-state index contributed by atoms with van der Waals surface area (Å²) in [6, 6.07) is 18.4. The number of methoxy groups -OCH3 is 1. The van der Waals surface area contributed by atoms with Crippen molar-refractivity contribution in [2.75, 3.05) is 11.8 Å². The van der Waals surface area contributed by atoms with Crippen molar-refractivity contribution in [3.63, 3.8) is 0 Å². The molecule has 2 aromatic heterocycles. The zero-order valence-corrected chi connectivity index (χ0v) is 20.3. The molecule has 0 unspecified atom stereocenters. The summed E-state index contributed by atoms with van der Waals surface area (Å²) in [7, 11) is -2.36. The van der Waals surface area contributed by atoms with Crippen LogP contribution in [0.15, 0.2) is 66.0 Å². The Bertz CT molecular complexity index is 1340. The predicted octanol–water partition coefficient (Wildman–Crippen LogP) is 5.29. The first-order valence-corrected chi connectivity index (χ1v) is 12.7. The van der Waals surface area contributed by atoms with E-state index in [1.807, 2.05) is 48.7 Å². The predicted molar refractivity (Wildman–Crippen MR) is 133 cm³/mol. The summed E-state index contributed by atoms with van der Waals surface area (Å²) in [6.45, 7) is 2.13. The molecule has 0 spiro atoms. The van der Waals surface area contributed by atoms with Crippen LogP contribution in [0.5, 0.6) is 5.75 Å². The molecule has 0 saturated heterocycles. The molecule has 0 aliphatic carbocycles. The van der Waals surface area contributed by atoms with E-state index in [1.165, 1.54) is 11.3 Å². The van der Waals surface area contributed by atoms with Gasteiger partial charge >= 0.3 is 10.2 Å². The molecule has 10 heteroatoms. The van der Waals surface area contributed by atoms with Gasteiger partial charge in [-0.25, -0.2) is 9.97 Å². The molecule has 0 bridgehead atoms. The van der Waals surface area contributed by atoms with Crippen molar-refractivity contribution < 1.29 is 13.2 Å². The standard InChI is InChI=1S/C23H21ClN4O3S2/c1-15-5-7-16(8-6-15)20-21(24)26-22(17-9-11-18(31-2)12-10-17)27-23(20)28-33(29,30)25-14-19-4-3-13-32-19/h3-13,25H,14H2,1-2H3,(H,26,27,28). The largest absolute Gasteiger partial charge is 0.497 e. The summed E-state index contributed by atoms with van der Waals surface area (Å²) >= 11 is 8.04. The molecule has 0 aliphatic heterocycles. The Labute approximate surface area is 201 Å². The number of hydrogen-bond acceptors (Lipinski definition) is 6. The molecule has 2 heterocycles. The number of hydrogen-bond donors (Lipinski definition) is 2. The Hall–Kier alpha value is -2.98. The van der Waals surface area contributed by atoms with Crippen LogP contribution in [0.2, 0.25) is 5.15 Å². The number of aryl methyl sites for hydroxylation is 1. The Morgan fingerprint density at radius 2 is 1.70 bits per heavy atom. The normalized spacial score (nSPS) is 11.4. The molecule has 0 fully saturated rings. The molecule has 0 amide bonds. The molecule has 7 nitrogen and oxygen atoms in total. The zero-order chi connectivity index (χ0) is 23.4. The number of halogens is 1. The number of rotatable bonds is 8. The Balaban J connectivity index is 1.74. The second kappa shape index (κ2) is 9.88. The topological polar surface area (TPSA) is 93.2 Å². The summed E-state index contributed by atoms with van der Waals surface area (Å²) in [6.07, 6.45) is 0. The van der Waals surface area contributed by atoms with E-state index in [1.54, 1.807) is 31.4 Å². The molecular weight excluding hydrogens is 480 g/mol. The van der Waals surface area contributed by atoms with E-state index in [0.29, 0.717) is 22.4 Å². The van der Waals surface area contributed by atoms with Crippen LogP contribution in [0, 0.1) is 6.92 Å². The highest BCUT2D eigenvalue weighted by Crippen LogP contribution is 2.35. The minimum atomic E-state index is -3.94. The van der Waals surface area contributed by atoms with Crippen molar-refractivity contribution in [2.24, 2.45) is 0 Å². The molecule has 170 valence electrons. The Kier molecular flexibility index (Phi) is 6.94. The fourth-order valence-electron chi connectivity index (χ4n) is 3.10. The van der Waals surface area contributed by atoms with E-state index in [2.05, 4.69) is 19.4 Å². The van der Waals surface area contributed by atoms with E-state index in [0.717, 1.165) is 10.4 Å². The van der Waals surface area contributed by atoms with Crippen molar-refractivity contribution >= 4 is 39.0 Å². The SMILES string of the molecule is COc1ccc(-c2nc(Cl)c(-c3ccc(C)cc3)c(NS(=O)(=O)NCc3cccs3)n2)cc1. The smallest absolute Gasteiger partial charge is 0.300 e. The van der Waals surface area contributed by atoms with Crippen LogP contribution >= 0.6 is 22.9 Å². The van der Waals surface area contributed by atoms with Crippen LogP contribution in [-0.2, 0) is 16.8 Å². The van der Waals surface area contributed by atoms with Gasteiger partial charge in [0.15, 0.2) is 11.6 Å². The van der Waals surface area contributed by atoms with Crippen LogP contribution in [0.4, 0.5) is 5.82 Å². The summed E-state index contributed by atoms with van der Waals surface area (Å²) < 4.78 is 36.0. The van der Waals surface area contributed by atoms with Crippen LogP contribution < -0.4 is 14.2 Å². The average Bonchev–Trinajstić information content (AvgIpc) is 3.32. The lowest BCUT2D eigenvalue weighted by molar-refractivity contribution is 0.415. The third-order valence-corrected chi connectivity index (χ3v) is 6.94. The fraction of sp³-hybridized carbons (Fsp3) is 0.130. The van der Waals surface area contributed by atoms with E-state index in [4.69, 9.17) is 16.3 Å². The highest BCUT2D eigenvalue weighted by atomic mass is 35.5. The van der Waals surface area contributed by atoms with Crippen molar-refractivity contribution in [1.29, 1.82) is 0 Å². The summed E-state index contributed by atoms with van der Waals surface area (Å²) in [5.41, 5.74) is 2.82. The molecule has 4 aromatic rings. The number of thiophene rings is 1. The minimum absolute atomic E-state index is 0.0864. The van der Waals surface area contributed by atoms with Crippen LogP contribution in [-0.4, -0.2) is 25.5 Å². The van der Waals surface area contributed by atoms with Gasteiger partial charge in [-0.2, -0.15) is 13.1 Å². The van der Waals surface area contributed by atoms with E-state index < -0.39 is 10.2 Å².